The van der Waals surface area contributed by atoms with Gasteiger partial charge in [-0.2, -0.15) is 4.98 Å². The fraction of sp³-hybridized carbons (Fsp3) is 0.467. The van der Waals surface area contributed by atoms with Gasteiger partial charge < -0.3 is 10.3 Å². The minimum atomic E-state index is -0.233. The SMILES string of the molecule is NCC1(Cc2nc(CSc3cccc(F)c3)no2)CCC1. The Balaban J connectivity index is 1.58. The molecular weight excluding hydrogens is 289 g/mol. The highest BCUT2D eigenvalue weighted by molar-refractivity contribution is 7.98. The molecule has 3 rings (SSSR count). The van der Waals surface area contributed by atoms with Crippen LogP contribution in [-0.2, 0) is 12.2 Å². The standard InChI is InChI=1S/C15H18FN3OS/c16-11-3-1-4-12(7-11)21-9-13-18-14(20-19-13)8-15(10-17)5-2-6-15/h1,3-4,7H,2,5-6,8-10,17H2. The molecule has 0 bridgehead atoms. The molecule has 0 radical (unpaired) electrons. The lowest BCUT2D eigenvalue weighted by molar-refractivity contribution is 0.129. The Kier molecular flexibility index (Phi) is 4.26. The highest BCUT2D eigenvalue weighted by Crippen LogP contribution is 2.42. The Hall–Kier alpha value is -1.40. The fourth-order valence-corrected chi connectivity index (χ4v) is 3.36. The molecule has 0 amide bonds. The molecule has 112 valence electrons. The van der Waals surface area contributed by atoms with Crippen LogP contribution in [0, 0.1) is 11.2 Å². The second-order valence-electron chi connectivity index (χ2n) is 5.58. The van der Waals surface area contributed by atoms with Crippen LogP contribution in [-0.4, -0.2) is 16.7 Å². The lowest BCUT2D eigenvalue weighted by Gasteiger charge is -2.39. The second-order valence-corrected chi connectivity index (χ2v) is 6.63. The molecule has 0 atom stereocenters. The van der Waals surface area contributed by atoms with Crippen LogP contribution in [0.2, 0.25) is 0 Å². The quantitative estimate of drug-likeness (QED) is 0.830. The molecule has 1 aliphatic carbocycles. The number of thioether (sulfide) groups is 1. The van der Waals surface area contributed by atoms with Gasteiger partial charge in [-0.25, -0.2) is 4.39 Å². The molecule has 0 saturated heterocycles. The molecule has 2 N–H and O–H groups in total. The van der Waals surface area contributed by atoms with Gasteiger partial charge in [0.2, 0.25) is 5.89 Å². The predicted molar refractivity (Wildman–Crippen MR) is 79.3 cm³/mol. The minimum absolute atomic E-state index is 0.166. The van der Waals surface area contributed by atoms with Crippen LogP contribution in [0.3, 0.4) is 0 Å². The smallest absolute Gasteiger partial charge is 0.227 e. The molecule has 1 saturated carbocycles. The molecule has 1 fully saturated rings. The Morgan fingerprint density at radius 2 is 2.24 bits per heavy atom. The number of benzene rings is 1. The molecule has 1 aromatic heterocycles. The number of hydrogen-bond acceptors (Lipinski definition) is 5. The summed E-state index contributed by atoms with van der Waals surface area (Å²) in [7, 11) is 0. The van der Waals surface area contributed by atoms with Gasteiger partial charge in [-0.3, -0.25) is 0 Å². The Bertz CT molecular complexity index is 607. The van der Waals surface area contributed by atoms with Crippen LogP contribution >= 0.6 is 11.8 Å². The lowest BCUT2D eigenvalue weighted by Crippen LogP contribution is -2.39. The molecule has 0 spiro atoms. The number of nitrogens with zero attached hydrogens (tertiary/aromatic N) is 2. The first-order chi connectivity index (χ1) is 10.2. The second kappa shape index (κ2) is 6.15. The van der Waals surface area contributed by atoms with Gasteiger partial charge in [0.05, 0.1) is 5.75 Å². The summed E-state index contributed by atoms with van der Waals surface area (Å²) in [6.45, 7) is 0.669. The van der Waals surface area contributed by atoms with E-state index in [0.717, 1.165) is 24.2 Å². The van der Waals surface area contributed by atoms with E-state index in [0.29, 0.717) is 24.0 Å². The van der Waals surface area contributed by atoms with Crippen molar-refractivity contribution in [3.63, 3.8) is 0 Å². The maximum atomic E-state index is 13.1. The van der Waals surface area contributed by atoms with Crippen LogP contribution in [0.25, 0.3) is 0 Å². The Morgan fingerprint density at radius 1 is 1.38 bits per heavy atom. The number of halogens is 1. The van der Waals surface area contributed by atoms with Crippen molar-refractivity contribution in [3.8, 4) is 0 Å². The largest absolute Gasteiger partial charge is 0.339 e. The highest BCUT2D eigenvalue weighted by Gasteiger charge is 2.37. The van der Waals surface area contributed by atoms with E-state index in [1.807, 2.05) is 6.07 Å². The average Bonchev–Trinajstić information content (AvgIpc) is 2.88. The van der Waals surface area contributed by atoms with Gasteiger partial charge in [0.1, 0.15) is 5.82 Å². The topological polar surface area (TPSA) is 64.9 Å². The van der Waals surface area contributed by atoms with Gasteiger partial charge in [0, 0.05) is 11.3 Å². The van der Waals surface area contributed by atoms with E-state index in [1.54, 1.807) is 6.07 Å². The van der Waals surface area contributed by atoms with Crippen LogP contribution in [0.5, 0.6) is 0 Å². The summed E-state index contributed by atoms with van der Waals surface area (Å²) in [5.41, 5.74) is 6.01. The summed E-state index contributed by atoms with van der Waals surface area (Å²) < 4.78 is 18.4. The van der Waals surface area contributed by atoms with Gasteiger partial charge in [0.25, 0.3) is 0 Å². The maximum Gasteiger partial charge on any atom is 0.227 e. The van der Waals surface area contributed by atoms with Crippen LogP contribution in [0.1, 0.15) is 31.0 Å². The fourth-order valence-electron chi connectivity index (χ4n) is 2.58. The van der Waals surface area contributed by atoms with Gasteiger partial charge in [0.15, 0.2) is 5.82 Å². The van der Waals surface area contributed by atoms with Gasteiger partial charge >= 0.3 is 0 Å². The summed E-state index contributed by atoms with van der Waals surface area (Å²) in [5, 5.41) is 3.99. The minimum Gasteiger partial charge on any atom is -0.339 e. The highest BCUT2D eigenvalue weighted by atomic mass is 32.2. The van der Waals surface area contributed by atoms with Gasteiger partial charge in [-0.15, -0.1) is 11.8 Å². The number of hydrogen-bond donors (Lipinski definition) is 1. The third kappa shape index (κ3) is 3.44. The number of rotatable bonds is 6. The maximum absolute atomic E-state index is 13.1. The zero-order valence-electron chi connectivity index (χ0n) is 11.7. The lowest BCUT2D eigenvalue weighted by atomic mass is 9.67. The molecule has 4 nitrogen and oxygen atoms in total. The zero-order valence-corrected chi connectivity index (χ0v) is 12.5. The molecule has 0 aliphatic heterocycles. The van der Waals surface area contributed by atoms with Crippen molar-refractivity contribution < 1.29 is 8.91 Å². The van der Waals surface area contributed by atoms with E-state index in [4.69, 9.17) is 10.3 Å². The average molecular weight is 307 g/mol. The van der Waals surface area contributed by atoms with Crippen LogP contribution < -0.4 is 5.73 Å². The molecule has 1 heterocycles. The van der Waals surface area contributed by atoms with Gasteiger partial charge in [-0.1, -0.05) is 17.6 Å². The van der Waals surface area contributed by atoms with E-state index < -0.39 is 0 Å². The summed E-state index contributed by atoms with van der Waals surface area (Å²) in [6.07, 6.45) is 4.27. The molecule has 2 aromatic rings. The third-order valence-corrected chi connectivity index (χ3v) is 5.04. The van der Waals surface area contributed by atoms with E-state index in [-0.39, 0.29) is 11.2 Å². The normalized spacial score (nSPS) is 16.7. The first-order valence-corrected chi connectivity index (χ1v) is 8.08. The van der Waals surface area contributed by atoms with Crippen molar-refractivity contribution in [2.24, 2.45) is 11.1 Å². The van der Waals surface area contributed by atoms with Crippen LogP contribution in [0.4, 0.5) is 4.39 Å². The van der Waals surface area contributed by atoms with Crippen molar-refractivity contribution in [3.05, 3.63) is 41.8 Å². The Morgan fingerprint density at radius 3 is 2.90 bits per heavy atom. The van der Waals surface area contributed by atoms with Crippen molar-refractivity contribution in [1.29, 1.82) is 0 Å². The summed E-state index contributed by atoms with van der Waals surface area (Å²) in [4.78, 5) is 5.27. The monoisotopic (exact) mass is 307 g/mol. The van der Waals surface area contributed by atoms with E-state index >= 15 is 0 Å². The zero-order chi connectivity index (χ0) is 14.7. The van der Waals surface area contributed by atoms with Crippen molar-refractivity contribution >= 4 is 11.8 Å². The molecule has 0 unspecified atom stereocenters. The molecule has 1 aromatic carbocycles. The number of aromatic nitrogens is 2. The Labute approximate surface area is 127 Å². The van der Waals surface area contributed by atoms with E-state index in [1.165, 1.54) is 30.3 Å². The third-order valence-electron chi connectivity index (χ3n) is 4.05. The molecule has 1 aliphatic rings. The van der Waals surface area contributed by atoms with E-state index in [9.17, 15) is 4.39 Å². The summed E-state index contributed by atoms with van der Waals surface area (Å²) in [6, 6.07) is 6.50. The molecule has 21 heavy (non-hydrogen) atoms. The van der Waals surface area contributed by atoms with E-state index in [2.05, 4.69) is 10.1 Å². The summed E-state index contributed by atoms with van der Waals surface area (Å²) >= 11 is 1.49. The first kappa shape index (κ1) is 14.5. The summed E-state index contributed by atoms with van der Waals surface area (Å²) in [5.74, 6) is 1.65. The first-order valence-electron chi connectivity index (χ1n) is 7.09. The predicted octanol–water partition coefficient (Wildman–Crippen LogP) is 3.17. The number of nitrogens with two attached hydrogens (primary N) is 1. The molecular formula is C15H18FN3OS. The van der Waals surface area contributed by atoms with Crippen molar-refractivity contribution in [2.75, 3.05) is 6.54 Å². The van der Waals surface area contributed by atoms with Crippen LogP contribution in [0.15, 0.2) is 33.7 Å². The van der Waals surface area contributed by atoms with Gasteiger partial charge in [-0.05, 0) is 43.0 Å². The molecule has 6 heteroatoms. The van der Waals surface area contributed by atoms with Crippen molar-refractivity contribution in [2.45, 2.75) is 36.3 Å². The van der Waals surface area contributed by atoms with Crippen molar-refractivity contribution in [1.82, 2.24) is 10.1 Å².